The van der Waals surface area contributed by atoms with Crippen molar-refractivity contribution < 1.29 is 0 Å². The summed E-state index contributed by atoms with van der Waals surface area (Å²) < 4.78 is 1.12. The average Bonchev–Trinajstić information content (AvgIpc) is 2.26. The number of benzene rings is 2. The van der Waals surface area contributed by atoms with E-state index < -0.39 is 0 Å². The second-order valence-corrected chi connectivity index (χ2v) is 4.77. The van der Waals surface area contributed by atoms with Crippen molar-refractivity contribution in [2.45, 2.75) is 12.8 Å². The maximum absolute atomic E-state index is 5.72. The molecule has 1 atom stereocenters. The van der Waals surface area contributed by atoms with Crippen LogP contribution in [0.3, 0.4) is 0 Å². The fourth-order valence-electron chi connectivity index (χ4n) is 1.84. The third-order valence-corrected chi connectivity index (χ3v) is 3.25. The third-order valence-electron chi connectivity index (χ3n) is 2.76. The van der Waals surface area contributed by atoms with Gasteiger partial charge in [-0.25, -0.2) is 0 Å². The van der Waals surface area contributed by atoms with Gasteiger partial charge in [0, 0.05) is 4.47 Å². The average molecular weight is 264 g/mol. The topological polar surface area (TPSA) is 26.0 Å². The van der Waals surface area contributed by atoms with Crippen LogP contribution in [0.1, 0.15) is 18.4 Å². The lowest BCUT2D eigenvalue weighted by Crippen LogP contribution is -2.09. The monoisotopic (exact) mass is 263 g/mol. The van der Waals surface area contributed by atoms with Crippen molar-refractivity contribution in [1.29, 1.82) is 0 Å². The van der Waals surface area contributed by atoms with Gasteiger partial charge in [0.25, 0.3) is 0 Å². The number of halogens is 1. The van der Waals surface area contributed by atoms with Crippen LogP contribution in [0.25, 0.3) is 10.8 Å². The maximum atomic E-state index is 5.72. The molecule has 15 heavy (non-hydrogen) atoms. The van der Waals surface area contributed by atoms with Crippen LogP contribution in [0.15, 0.2) is 40.9 Å². The van der Waals surface area contributed by atoms with E-state index in [-0.39, 0.29) is 0 Å². The van der Waals surface area contributed by atoms with E-state index in [1.165, 1.54) is 16.3 Å². The van der Waals surface area contributed by atoms with Gasteiger partial charge in [-0.1, -0.05) is 47.1 Å². The quantitative estimate of drug-likeness (QED) is 0.880. The van der Waals surface area contributed by atoms with E-state index in [1.807, 2.05) is 0 Å². The molecule has 0 radical (unpaired) electrons. The zero-order valence-electron chi connectivity index (χ0n) is 8.70. The Kier molecular flexibility index (Phi) is 3.08. The Labute approximate surface area is 98.4 Å². The molecule has 0 heterocycles. The zero-order chi connectivity index (χ0) is 10.8. The minimum absolute atomic E-state index is 0.412. The summed E-state index contributed by atoms with van der Waals surface area (Å²) in [7, 11) is 0. The molecule has 0 amide bonds. The van der Waals surface area contributed by atoms with Gasteiger partial charge in [0.05, 0.1) is 0 Å². The van der Waals surface area contributed by atoms with Crippen molar-refractivity contribution in [3.8, 4) is 0 Å². The summed E-state index contributed by atoms with van der Waals surface area (Å²) in [5.41, 5.74) is 7.05. The molecule has 0 aliphatic heterocycles. The molecule has 1 unspecified atom stereocenters. The molecule has 0 spiro atoms. The minimum atomic E-state index is 0.412. The first-order valence-electron chi connectivity index (χ1n) is 5.10. The summed E-state index contributed by atoms with van der Waals surface area (Å²) in [5, 5.41) is 2.57. The van der Waals surface area contributed by atoms with Crippen LogP contribution in [0.5, 0.6) is 0 Å². The molecule has 2 aromatic carbocycles. The van der Waals surface area contributed by atoms with E-state index >= 15 is 0 Å². The molecule has 2 rings (SSSR count). The summed E-state index contributed by atoms with van der Waals surface area (Å²) in [6, 6.07) is 12.8. The van der Waals surface area contributed by atoms with E-state index in [4.69, 9.17) is 5.73 Å². The minimum Gasteiger partial charge on any atom is -0.330 e. The number of hydrogen-bond donors (Lipinski definition) is 1. The third kappa shape index (κ3) is 2.06. The number of rotatable bonds is 2. The first kappa shape index (κ1) is 10.7. The molecule has 0 saturated heterocycles. The van der Waals surface area contributed by atoms with Crippen molar-refractivity contribution in [2.75, 3.05) is 6.54 Å². The first-order chi connectivity index (χ1) is 7.22. The summed E-state index contributed by atoms with van der Waals surface area (Å²) in [5.74, 6) is 0.412. The van der Waals surface area contributed by atoms with E-state index in [0.717, 1.165) is 4.47 Å². The second kappa shape index (κ2) is 4.33. The first-order valence-corrected chi connectivity index (χ1v) is 5.90. The molecule has 0 bridgehead atoms. The second-order valence-electron chi connectivity index (χ2n) is 3.85. The fraction of sp³-hybridized carbons (Fsp3) is 0.231. The van der Waals surface area contributed by atoms with Crippen LogP contribution in [0.4, 0.5) is 0 Å². The Hall–Kier alpha value is -0.860. The van der Waals surface area contributed by atoms with Crippen molar-refractivity contribution in [1.82, 2.24) is 0 Å². The van der Waals surface area contributed by atoms with Gasteiger partial charge in [0.2, 0.25) is 0 Å². The van der Waals surface area contributed by atoms with E-state index in [2.05, 4.69) is 59.3 Å². The largest absolute Gasteiger partial charge is 0.330 e. The number of nitrogens with two attached hydrogens (primary N) is 1. The Morgan fingerprint density at radius 3 is 2.80 bits per heavy atom. The molecule has 2 heteroatoms. The summed E-state index contributed by atoms with van der Waals surface area (Å²) in [6.45, 7) is 2.85. The molecule has 1 nitrogen and oxygen atoms in total. The van der Waals surface area contributed by atoms with E-state index in [1.54, 1.807) is 0 Å². The van der Waals surface area contributed by atoms with E-state index in [9.17, 15) is 0 Å². The highest BCUT2D eigenvalue weighted by molar-refractivity contribution is 9.10. The maximum Gasteiger partial charge on any atom is 0.0181 e. The molecule has 0 saturated carbocycles. The van der Waals surface area contributed by atoms with Gasteiger partial charge in [-0.3, -0.25) is 0 Å². The predicted octanol–water partition coefficient (Wildman–Crippen LogP) is 3.66. The number of hydrogen-bond acceptors (Lipinski definition) is 1. The fourth-order valence-corrected chi connectivity index (χ4v) is 2.22. The smallest absolute Gasteiger partial charge is 0.0181 e. The molecule has 0 aliphatic carbocycles. The molecule has 0 fully saturated rings. The molecular formula is C13H14BrN. The summed E-state index contributed by atoms with van der Waals surface area (Å²) >= 11 is 3.49. The summed E-state index contributed by atoms with van der Waals surface area (Å²) in [4.78, 5) is 0. The van der Waals surface area contributed by atoms with Gasteiger partial charge in [0.15, 0.2) is 0 Å². The van der Waals surface area contributed by atoms with Crippen molar-refractivity contribution in [3.63, 3.8) is 0 Å². The molecule has 2 aromatic rings. The Balaban J connectivity index is 2.66. The number of fused-ring (bicyclic) bond motifs is 1. The van der Waals surface area contributed by atoms with Gasteiger partial charge < -0.3 is 5.73 Å². The van der Waals surface area contributed by atoms with Crippen LogP contribution in [-0.4, -0.2) is 6.54 Å². The highest BCUT2D eigenvalue weighted by Crippen LogP contribution is 2.27. The Morgan fingerprint density at radius 2 is 2.07 bits per heavy atom. The zero-order valence-corrected chi connectivity index (χ0v) is 10.3. The van der Waals surface area contributed by atoms with Crippen LogP contribution in [-0.2, 0) is 0 Å². The standard InChI is InChI=1S/C13H14BrN/c1-9(8-15)12-4-2-3-10-7-11(14)5-6-13(10)12/h2-7,9H,8,15H2,1H3. The predicted molar refractivity (Wildman–Crippen MR) is 69.1 cm³/mol. The van der Waals surface area contributed by atoms with Crippen molar-refractivity contribution in [2.24, 2.45) is 5.73 Å². The van der Waals surface area contributed by atoms with Crippen molar-refractivity contribution >= 4 is 26.7 Å². The highest BCUT2D eigenvalue weighted by atomic mass is 79.9. The van der Waals surface area contributed by atoms with Crippen molar-refractivity contribution in [3.05, 3.63) is 46.4 Å². The summed E-state index contributed by atoms with van der Waals surface area (Å²) in [6.07, 6.45) is 0. The molecule has 0 aliphatic rings. The Morgan fingerprint density at radius 1 is 1.27 bits per heavy atom. The van der Waals surface area contributed by atoms with Gasteiger partial charge in [0.1, 0.15) is 0 Å². The highest BCUT2D eigenvalue weighted by Gasteiger charge is 2.07. The lowest BCUT2D eigenvalue weighted by atomic mass is 9.95. The van der Waals surface area contributed by atoms with Crippen LogP contribution in [0, 0.1) is 0 Å². The normalized spacial score (nSPS) is 13.0. The van der Waals surface area contributed by atoms with Gasteiger partial charge >= 0.3 is 0 Å². The van der Waals surface area contributed by atoms with Crippen LogP contribution in [0.2, 0.25) is 0 Å². The Bertz CT molecular complexity index is 479. The van der Waals surface area contributed by atoms with Crippen LogP contribution >= 0.6 is 15.9 Å². The molecule has 78 valence electrons. The van der Waals surface area contributed by atoms with E-state index in [0.29, 0.717) is 12.5 Å². The molecule has 0 aromatic heterocycles. The SMILES string of the molecule is CC(CN)c1cccc2cc(Br)ccc12. The molecule has 2 N–H and O–H groups in total. The van der Waals surface area contributed by atoms with Crippen LogP contribution < -0.4 is 5.73 Å². The van der Waals surface area contributed by atoms with Gasteiger partial charge in [-0.2, -0.15) is 0 Å². The van der Waals surface area contributed by atoms with Gasteiger partial charge in [-0.05, 0) is 40.9 Å². The lowest BCUT2D eigenvalue weighted by Gasteiger charge is -2.12. The lowest BCUT2D eigenvalue weighted by molar-refractivity contribution is 0.781. The van der Waals surface area contributed by atoms with Gasteiger partial charge in [-0.15, -0.1) is 0 Å². The molecular weight excluding hydrogens is 250 g/mol.